The Hall–Kier alpha value is -0.800. The molecule has 0 amide bonds. The Morgan fingerprint density at radius 1 is 1.62 bits per heavy atom. The molecule has 1 aliphatic carbocycles. The van der Waals surface area contributed by atoms with Gasteiger partial charge in [-0.1, -0.05) is 0 Å². The lowest BCUT2D eigenvalue weighted by atomic mass is 9.89. The highest BCUT2D eigenvalue weighted by molar-refractivity contribution is 5.06. The molecule has 13 heavy (non-hydrogen) atoms. The quantitative estimate of drug-likeness (QED) is 0.716. The predicted molar refractivity (Wildman–Crippen MR) is 51.3 cm³/mol. The van der Waals surface area contributed by atoms with Crippen molar-refractivity contribution in [3.05, 3.63) is 24.0 Å². The second kappa shape index (κ2) is 3.52. The topological polar surface area (TPSA) is 37.2 Å². The van der Waals surface area contributed by atoms with E-state index in [4.69, 9.17) is 0 Å². The van der Waals surface area contributed by atoms with E-state index in [1.54, 1.807) is 0 Å². The maximum absolute atomic E-state index is 9.34. The molecule has 0 unspecified atom stereocenters. The smallest absolute Gasteiger partial charge is 0.0693 e. The minimum Gasteiger partial charge on any atom is -0.392 e. The number of rotatable bonds is 3. The Morgan fingerprint density at radius 3 is 2.92 bits per heavy atom. The van der Waals surface area contributed by atoms with Crippen LogP contribution in [0.4, 0.5) is 0 Å². The first-order valence-corrected chi connectivity index (χ1v) is 4.79. The second-order valence-electron chi connectivity index (χ2n) is 3.74. The van der Waals surface area contributed by atoms with Gasteiger partial charge in [-0.25, -0.2) is 0 Å². The fourth-order valence-electron chi connectivity index (χ4n) is 1.64. The van der Waals surface area contributed by atoms with Gasteiger partial charge in [-0.2, -0.15) is 0 Å². The maximum Gasteiger partial charge on any atom is 0.0693 e. The number of aromatic nitrogens is 1. The van der Waals surface area contributed by atoms with Crippen molar-refractivity contribution in [3.8, 4) is 0 Å². The lowest BCUT2D eigenvalue weighted by Gasteiger charge is -2.33. The van der Waals surface area contributed by atoms with Crippen molar-refractivity contribution in [2.45, 2.75) is 31.5 Å². The summed E-state index contributed by atoms with van der Waals surface area (Å²) in [7, 11) is 2.04. The van der Waals surface area contributed by atoms with E-state index in [-0.39, 0.29) is 6.10 Å². The summed E-state index contributed by atoms with van der Waals surface area (Å²) in [5, 5.41) is 12.7. The number of nitrogens with zero attached hydrogens (tertiary/aromatic N) is 1. The molecule has 1 saturated carbocycles. The first-order valence-electron chi connectivity index (χ1n) is 4.79. The first kappa shape index (κ1) is 8.78. The third kappa shape index (κ3) is 1.76. The zero-order valence-corrected chi connectivity index (χ0v) is 7.90. The summed E-state index contributed by atoms with van der Waals surface area (Å²) in [6.45, 7) is 0.852. The van der Waals surface area contributed by atoms with Crippen LogP contribution in [-0.4, -0.2) is 21.8 Å². The van der Waals surface area contributed by atoms with Crippen LogP contribution in [0.5, 0.6) is 0 Å². The van der Waals surface area contributed by atoms with E-state index in [1.165, 1.54) is 5.69 Å². The standard InChI is InChI=1S/C10H16N2O/c1-12-6-2-3-8(12)7-11-9-4-5-10(9)13/h2-3,6,9-11,13H,4-5,7H2,1H3/t9-,10-/m1/s1. The summed E-state index contributed by atoms with van der Waals surface area (Å²) in [5.41, 5.74) is 1.26. The summed E-state index contributed by atoms with van der Waals surface area (Å²) < 4.78 is 2.10. The van der Waals surface area contributed by atoms with Crippen LogP contribution in [0.15, 0.2) is 18.3 Å². The van der Waals surface area contributed by atoms with Gasteiger partial charge >= 0.3 is 0 Å². The van der Waals surface area contributed by atoms with Crippen LogP contribution < -0.4 is 5.32 Å². The molecule has 2 atom stereocenters. The largest absolute Gasteiger partial charge is 0.392 e. The zero-order valence-electron chi connectivity index (χ0n) is 7.90. The van der Waals surface area contributed by atoms with E-state index < -0.39 is 0 Å². The first-order chi connectivity index (χ1) is 6.27. The van der Waals surface area contributed by atoms with Gasteiger partial charge in [-0.3, -0.25) is 0 Å². The van der Waals surface area contributed by atoms with Gasteiger partial charge in [-0.05, 0) is 25.0 Å². The monoisotopic (exact) mass is 180 g/mol. The molecule has 0 aliphatic heterocycles. The normalized spacial score (nSPS) is 27.2. The number of hydrogen-bond donors (Lipinski definition) is 2. The van der Waals surface area contributed by atoms with E-state index in [9.17, 15) is 5.11 Å². The lowest BCUT2D eigenvalue weighted by molar-refractivity contribution is 0.0490. The molecule has 72 valence electrons. The Labute approximate surface area is 78.4 Å². The molecule has 0 aromatic carbocycles. The average molecular weight is 180 g/mol. The Morgan fingerprint density at radius 2 is 2.46 bits per heavy atom. The molecule has 0 saturated heterocycles. The highest BCUT2D eigenvalue weighted by Gasteiger charge is 2.27. The van der Waals surface area contributed by atoms with Crippen molar-refractivity contribution in [2.24, 2.45) is 7.05 Å². The van der Waals surface area contributed by atoms with Crippen molar-refractivity contribution in [3.63, 3.8) is 0 Å². The van der Waals surface area contributed by atoms with E-state index >= 15 is 0 Å². The van der Waals surface area contributed by atoms with E-state index in [0.717, 1.165) is 19.4 Å². The summed E-state index contributed by atoms with van der Waals surface area (Å²) in [6.07, 6.45) is 3.96. The van der Waals surface area contributed by atoms with Crippen molar-refractivity contribution in [1.82, 2.24) is 9.88 Å². The SMILES string of the molecule is Cn1cccc1CN[C@@H]1CC[C@H]1O. The van der Waals surface area contributed by atoms with Gasteiger partial charge in [0.2, 0.25) is 0 Å². The van der Waals surface area contributed by atoms with Crippen molar-refractivity contribution in [2.75, 3.05) is 0 Å². The molecule has 3 nitrogen and oxygen atoms in total. The molecule has 0 spiro atoms. The highest BCUT2D eigenvalue weighted by Crippen LogP contribution is 2.19. The number of nitrogens with one attached hydrogen (secondary N) is 1. The van der Waals surface area contributed by atoms with E-state index in [0.29, 0.717) is 6.04 Å². The van der Waals surface area contributed by atoms with Crippen LogP contribution in [0, 0.1) is 0 Å². The van der Waals surface area contributed by atoms with Gasteiger partial charge in [0, 0.05) is 31.5 Å². The van der Waals surface area contributed by atoms with Gasteiger partial charge < -0.3 is 15.0 Å². The molecular formula is C10H16N2O. The van der Waals surface area contributed by atoms with Crippen LogP contribution >= 0.6 is 0 Å². The molecule has 2 N–H and O–H groups in total. The molecule has 0 radical (unpaired) electrons. The van der Waals surface area contributed by atoms with Crippen molar-refractivity contribution >= 4 is 0 Å². The summed E-state index contributed by atoms with van der Waals surface area (Å²) in [4.78, 5) is 0. The molecule has 1 fully saturated rings. The molecule has 3 heteroatoms. The number of hydrogen-bond acceptors (Lipinski definition) is 2. The highest BCUT2D eigenvalue weighted by atomic mass is 16.3. The van der Waals surface area contributed by atoms with Crippen LogP contribution in [0.1, 0.15) is 18.5 Å². The Balaban J connectivity index is 1.83. The predicted octanol–water partition coefficient (Wildman–Crippen LogP) is 0.638. The molecule has 2 rings (SSSR count). The third-order valence-electron chi connectivity index (χ3n) is 2.83. The van der Waals surface area contributed by atoms with Gasteiger partial charge in [0.05, 0.1) is 6.10 Å². The summed E-state index contributed by atoms with van der Waals surface area (Å²) in [5.74, 6) is 0. The molecular weight excluding hydrogens is 164 g/mol. The number of aliphatic hydroxyl groups is 1. The average Bonchev–Trinajstić information content (AvgIpc) is 2.50. The van der Waals surface area contributed by atoms with Crippen molar-refractivity contribution < 1.29 is 5.11 Å². The molecule has 1 aromatic heterocycles. The second-order valence-corrected chi connectivity index (χ2v) is 3.74. The van der Waals surface area contributed by atoms with Crippen LogP contribution in [-0.2, 0) is 13.6 Å². The molecule has 1 aliphatic rings. The minimum atomic E-state index is -0.125. The van der Waals surface area contributed by atoms with Crippen molar-refractivity contribution in [1.29, 1.82) is 0 Å². The summed E-state index contributed by atoms with van der Waals surface area (Å²) in [6, 6.07) is 4.45. The van der Waals surface area contributed by atoms with Gasteiger partial charge in [0.15, 0.2) is 0 Å². The van der Waals surface area contributed by atoms with Gasteiger partial charge in [0.25, 0.3) is 0 Å². The summed E-state index contributed by atoms with van der Waals surface area (Å²) >= 11 is 0. The van der Waals surface area contributed by atoms with Crippen LogP contribution in [0.2, 0.25) is 0 Å². The van der Waals surface area contributed by atoms with E-state index in [1.807, 2.05) is 19.3 Å². The van der Waals surface area contributed by atoms with E-state index in [2.05, 4.69) is 16.0 Å². The minimum absolute atomic E-state index is 0.125. The molecule has 0 bridgehead atoms. The number of aryl methyl sites for hydroxylation is 1. The Bertz CT molecular complexity index is 282. The Kier molecular flexibility index (Phi) is 2.38. The third-order valence-corrected chi connectivity index (χ3v) is 2.83. The van der Waals surface area contributed by atoms with Crippen LogP contribution in [0.3, 0.4) is 0 Å². The molecule has 1 aromatic rings. The fraction of sp³-hybridized carbons (Fsp3) is 0.600. The van der Waals surface area contributed by atoms with Crippen LogP contribution in [0.25, 0.3) is 0 Å². The lowest BCUT2D eigenvalue weighted by Crippen LogP contribution is -2.47. The molecule has 1 heterocycles. The number of aliphatic hydroxyl groups excluding tert-OH is 1. The van der Waals surface area contributed by atoms with Gasteiger partial charge in [-0.15, -0.1) is 0 Å². The van der Waals surface area contributed by atoms with Gasteiger partial charge in [0.1, 0.15) is 0 Å². The fourth-order valence-corrected chi connectivity index (χ4v) is 1.64. The zero-order chi connectivity index (χ0) is 9.26. The maximum atomic E-state index is 9.34.